The average molecular weight is 1350 g/mol. The van der Waals surface area contributed by atoms with Crippen LogP contribution in [0.1, 0.15) is 381 Å². The van der Waals surface area contributed by atoms with Gasteiger partial charge in [0.1, 0.15) is 19.3 Å². The van der Waals surface area contributed by atoms with Crippen molar-refractivity contribution in [2.24, 2.45) is 5.92 Å². The summed E-state index contributed by atoms with van der Waals surface area (Å²) < 4.78 is 68.4. The van der Waals surface area contributed by atoms with Gasteiger partial charge in [0, 0.05) is 25.7 Å². The van der Waals surface area contributed by atoms with Gasteiger partial charge in [-0.25, -0.2) is 9.13 Å². The van der Waals surface area contributed by atoms with E-state index in [0.717, 1.165) is 89.9 Å². The van der Waals surface area contributed by atoms with Gasteiger partial charge in [0.15, 0.2) is 12.2 Å². The van der Waals surface area contributed by atoms with Crippen LogP contribution in [0.2, 0.25) is 0 Å². The highest BCUT2D eigenvalue weighted by molar-refractivity contribution is 7.47. The van der Waals surface area contributed by atoms with Crippen molar-refractivity contribution in [3.63, 3.8) is 0 Å². The maximum Gasteiger partial charge on any atom is 0.472 e. The van der Waals surface area contributed by atoms with Gasteiger partial charge in [-0.1, -0.05) is 330 Å². The number of hydrogen-bond donors (Lipinski definition) is 3. The Hall–Kier alpha value is -1.94. The number of phosphoric ester groups is 2. The van der Waals surface area contributed by atoms with E-state index < -0.39 is 97.5 Å². The number of carbonyl (C=O) groups excluding carboxylic acids is 4. The van der Waals surface area contributed by atoms with Gasteiger partial charge < -0.3 is 33.8 Å². The first-order valence-electron chi connectivity index (χ1n) is 38.1. The Morgan fingerprint density at radius 3 is 0.739 bits per heavy atom. The smallest absolute Gasteiger partial charge is 0.462 e. The molecule has 3 N–H and O–H groups in total. The Morgan fingerprint density at radius 2 is 0.500 bits per heavy atom. The Labute approximate surface area is 562 Å². The predicted octanol–water partition coefficient (Wildman–Crippen LogP) is 21.3. The van der Waals surface area contributed by atoms with E-state index in [2.05, 4.69) is 34.6 Å². The fourth-order valence-electron chi connectivity index (χ4n) is 11.2. The Morgan fingerprint density at radius 1 is 0.293 bits per heavy atom. The molecule has 0 spiro atoms. The van der Waals surface area contributed by atoms with Crippen LogP contribution in [0.25, 0.3) is 0 Å². The van der Waals surface area contributed by atoms with Gasteiger partial charge in [0.25, 0.3) is 0 Å². The van der Waals surface area contributed by atoms with Gasteiger partial charge in [-0.15, -0.1) is 0 Å². The summed E-state index contributed by atoms with van der Waals surface area (Å²) in [5.41, 5.74) is 0. The van der Waals surface area contributed by atoms with Crippen LogP contribution in [0.3, 0.4) is 0 Å². The summed E-state index contributed by atoms with van der Waals surface area (Å²) in [4.78, 5) is 72.6. The number of unbranched alkanes of at least 4 members (excludes halogenated alkanes) is 45. The minimum absolute atomic E-state index is 0.104. The highest BCUT2D eigenvalue weighted by atomic mass is 31.2. The topological polar surface area (TPSA) is 237 Å². The fraction of sp³-hybridized carbons (Fsp3) is 0.945. The molecule has 0 aliphatic carbocycles. The third-order valence-electron chi connectivity index (χ3n) is 17.0. The van der Waals surface area contributed by atoms with E-state index in [1.807, 2.05) is 0 Å². The molecule has 0 aliphatic rings. The highest BCUT2D eigenvalue weighted by Gasteiger charge is 2.30. The number of esters is 4. The van der Waals surface area contributed by atoms with E-state index in [9.17, 15) is 43.2 Å². The monoisotopic (exact) mass is 1350 g/mol. The maximum absolute atomic E-state index is 13.1. The Balaban J connectivity index is 5.22. The van der Waals surface area contributed by atoms with Crippen molar-refractivity contribution < 1.29 is 80.2 Å². The molecule has 17 nitrogen and oxygen atoms in total. The van der Waals surface area contributed by atoms with E-state index in [-0.39, 0.29) is 25.7 Å². The number of hydrogen-bond acceptors (Lipinski definition) is 15. The van der Waals surface area contributed by atoms with Crippen LogP contribution in [0.15, 0.2) is 0 Å². The summed E-state index contributed by atoms with van der Waals surface area (Å²) in [7, 11) is -9.90. The molecule has 0 rings (SSSR count). The second kappa shape index (κ2) is 66.3. The van der Waals surface area contributed by atoms with Gasteiger partial charge >= 0.3 is 39.5 Å². The number of carbonyl (C=O) groups is 4. The minimum atomic E-state index is -4.95. The molecule has 0 fully saturated rings. The largest absolute Gasteiger partial charge is 0.472 e. The zero-order valence-corrected chi connectivity index (χ0v) is 61.5. The molecule has 2 unspecified atom stereocenters. The van der Waals surface area contributed by atoms with Gasteiger partial charge in [-0.05, 0) is 31.6 Å². The molecule has 0 radical (unpaired) electrons. The van der Waals surface area contributed by atoms with Crippen LogP contribution < -0.4 is 0 Å². The predicted molar refractivity (Wildman–Crippen MR) is 372 cm³/mol. The van der Waals surface area contributed by atoms with Crippen LogP contribution in [-0.4, -0.2) is 96.7 Å². The standard InChI is InChI=1S/C73H142O17P2/c1-6-9-12-15-18-21-24-26-28-29-31-33-35-38-43-48-53-58-72(77)89-68(62-84-71(76)57-52-47-42-37-34-32-30-27-25-22-19-16-13-10-7-2)64-87-91(79,80)85-60-67(74)61-86-92(81,82)88-65-69(90-73(78)59-54-49-44-39-40-45-50-55-66(4)5)63-83-70(75)56-51-46-41-36-23-20-17-14-11-8-3/h66-69,74H,6-65H2,1-5H3,(H,79,80)(H,81,82)/t67-,68-,69-/m1/s1. The molecule has 19 heteroatoms. The van der Waals surface area contributed by atoms with Gasteiger partial charge in [0.05, 0.1) is 26.4 Å². The van der Waals surface area contributed by atoms with Crippen LogP contribution in [0, 0.1) is 5.92 Å². The molecule has 0 aromatic heterocycles. The van der Waals surface area contributed by atoms with Crippen molar-refractivity contribution in [1.29, 1.82) is 0 Å². The summed E-state index contributed by atoms with van der Waals surface area (Å²) in [5, 5.41) is 10.6. The quantitative estimate of drug-likeness (QED) is 0.0222. The normalized spacial score (nSPS) is 14.0. The van der Waals surface area contributed by atoms with Gasteiger partial charge in [-0.3, -0.25) is 37.3 Å². The van der Waals surface area contributed by atoms with Crippen molar-refractivity contribution in [3.8, 4) is 0 Å². The third-order valence-corrected chi connectivity index (χ3v) is 18.9. The molecular formula is C73H142O17P2. The summed E-state index contributed by atoms with van der Waals surface area (Å²) in [6.07, 6.45) is 54.1. The molecule has 0 saturated heterocycles. The maximum atomic E-state index is 13.1. The van der Waals surface area contributed by atoms with Gasteiger partial charge in [-0.2, -0.15) is 0 Å². The number of phosphoric acid groups is 2. The molecule has 546 valence electrons. The van der Waals surface area contributed by atoms with Crippen LogP contribution in [0.4, 0.5) is 0 Å². The number of aliphatic hydroxyl groups excluding tert-OH is 1. The lowest BCUT2D eigenvalue weighted by atomic mass is 10.0. The Bertz CT molecular complexity index is 1770. The first-order chi connectivity index (χ1) is 44.5. The second-order valence-electron chi connectivity index (χ2n) is 26.8. The van der Waals surface area contributed by atoms with E-state index in [0.29, 0.717) is 31.6 Å². The van der Waals surface area contributed by atoms with Crippen LogP contribution >= 0.6 is 15.6 Å². The molecule has 0 heterocycles. The first kappa shape index (κ1) is 90.1. The van der Waals surface area contributed by atoms with Crippen molar-refractivity contribution in [2.75, 3.05) is 39.6 Å². The van der Waals surface area contributed by atoms with E-state index in [4.69, 9.17) is 37.0 Å². The Kier molecular flexibility index (Phi) is 64.9. The van der Waals surface area contributed by atoms with Crippen LogP contribution in [-0.2, 0) is 65.4 Å². The van der Waals surface area contributed by atoms with Crippen molar-refractivity contribution >= 4 is 39.5 Å². The SMILES string of the molecule is CCCCCCCCCCCCCCCCCCCC(=O)O[C@H](COC(=O)CCCCCCCCCCCCCCCCC)COP(=O)(O)OC[C@@H](O)COP(=O)(O)OC[C@@H](COC(=O)CCCCCCCCCCCC)OC(=O)CCCCCCCCCC(C)C. The lowest BCUT2D eigenvalue weighted by Crippen LogP contribution is -2.30. The van der Waals surface area contributed by atoms with Crippen molar-refractivity contribution in [3.05, 3.63) is 0 Å². The molecule has 0 bridgehead atoms. The molecule has 0 amide bonds. The fourth-order valence-corrected chi connectivity index (χ4v) is 12.8. The minimum Gasteiger partial charge on any atom is -0.462 e. The van der Waals surface area contributed by atoms with E-state index >= 15 is 0 Å². The number of ether oxygens (including phenoxy) is 4. The molecule has 0 aromatic rings. The lowest BCUT2D eigenvalue weighted by molar-refractivity contribution is -0.161. The average Bonchev–Trinajstić information content (AvgIpc) is 2.71. The zero-order chi connectivity index (χ0) is 67.7. The highest BCUT2D eigenvalue weighted by Crippen LogP contribution is 2.45. The first-order valence-corrected chi connectivity index (χ1v) is 41.1. The lowest BCUT2D eigenvalue weighted by Gasteiger charge is -2.21. The van der Waals surface area contributed by atoms with E-state index in [1.54, 1.807) is 0 Å². The van der Waals surface area contributed by atoms with Crippen LogP contribution in [0.5, 0.6) is 0 Å². The van der Waals surface area contributed by atoms with Crippen molar-refractivity contribution in [2.45, 2.75) is 400 Å². The summed E-state index contributed by atoms with van der Waals surface area (Å²) in [6, 6.07) is 0. The second-order valence-corrected chi connectivity index (χ2v) is 29.7. The van der Waals surface area contributed by atoms with Crippen molar-refractivity contribution in [1.82, 2.24) is 0 Å². The molecule has 0 saturated carbocycles. The summed E-state index contributed by atoms with van der Waals surface area (Å²) >= 11 is 0. The molecular weight excluding hydrogens is 1210 g/mol. The molecule has 0 aliphatic heterocycles. The zero-order valence-electron chi connectivity index (χ0n) is 59.7. The molecule has 92 heavy (non-hydrogen) atoms. The summed E-state index contributed by atoms with van der Waals surface area (Å²) in [5.74, 6) is -1.42. The number of aliphatic hydroxyl groups is 1. The number of rotatable bonds is 73. The summed E-state index contributed by atoms with van der Waals surface area (Å²) in [6.45, 7) is 7.20. The van der Waals surface area contributed by atoms with Gasteiger partial charge in [0.2, 0.25) is 0 Å². The molecule has 5 atom stereocenters. The third kappa shape index (κ3) is 66.7. The molecule has 0 aromatic carbocycles. The van der Waals surface area contributed by atoms with E-state index in [1.165, 1.54) is 205 Å².